The van der Waals surface area contributed by atoms with Crippen LogP contribution in [0.25, 0.3) is 0 Å². The number of carbonyl (C=O) groups excluding carboxylic acids is 1. The molecule has 2 N–H and O–H groups in total. The molecule has 0 atom stereocenters. The number of amides is 1. The van der Waals surface area contributed by atoms with Crippen LogP contribution >= 0.6 is 0 Å². The van der Waals surface area contributed by atoms with E-state index in [1.807, 2.05) is 39.0 Å². The highest BCUT2D eigenvalue weighted by Gasteiger charge is 2.16. The Hall–Kier alpha value is -1.35. The Morgan fingerprint density at radius 1 is 1.29 bits per heavy atom. The van der Waals surface area contributed by atoms with Crippen LogP contribution in [-0.4, -0.2) is 24.5 Å². The summed E-state index contributed by atoms with van der Waals surface area (Å²) in [7, 11) is 0. The van der Waals surface area contributed by atoms with Gasteiger partial charge in [0.05, 0.1) is 0 Å². The summed E-state index contributed by atoms with van der Waals surface area (Å²) < 4.78 is 0. The van der Waals surface area contributed by atoms with Crippen molar-refractivity contribution in [2.24, 2.45) is 5.92 Å². The maximum absolute atomic E-state index is 12.2. The molecule has 1 heterocycles. The number of hydrogen-bond acceptors (Lipinski definition) is 2. The summed E-state index contributed by atoms with van der Waals surface area (Å²) in [6, 6.07) is 8.07. The van der Waals surface area contributed by atoms with Gasteiger partial charge in [-0.25, -0.2) is 0 Å². The molecule has 0 aromatic heterocycles. The predicted molar refractivity (Wildman–Crippen MR) is 87.6 cm³/mol. The summed E-state index contributed by atoms with van der Waals surface area (Å²) in [6.45, 7) is 8.32. The number of piperidine rings is 1. The summed E-state index contributed by atoms with van der Waals surface area (Å²) in [6.07, 6.45) is 4.86. The van der Waals surface area contributed by atoms with Gasteiger partial charge in [-0.15, -0.1) is 0 Å². The monoisotopic (exact) mass is 288 g/mol. The summed E-state index contributed by atoms with van der Waals surface area (Å²) in [5.74, 6) is 0.851. The van der Waals surface area contributed by atoms with Crippen LogP contribution in [0.2, 0.25) is 0 Å². The van der Waals surface area contributed by atoms with Crippen molar-refractivity contribution in [3.8, 4) is 0 Å². The van der Waals surface area contributed by atoms with E-state index in [9.17, 15) is 4.79 Å². The molecule has 0 saturated carbocycles. The first-order valence-corrected chi connectivity index (χ1v) is 8.06. The highest BCUT2D eigenvalue weighted by molar-refractivity contribution is 5.94. The number of carbonyl (C=O) groups is 1. The Balaban J connectivity index is 1.92. The molecule has 0 radical (unpaired) electrons. The van der Waals surface area contributed by atoms with Crippen LogP contribution in [0, 0.1) is 5.92 Å². The SMILES string of the molecule is CC(C)(C)NC(=O)c1cccc(CCC2CCNCC2)c1. The van der Waals surface area contributed by atoms with E-state index in [0.29, 0.717) is 0 Å². The Bertz CT molecular complexity index is 470. The Morgan fingerprint density at radius 2 is 2.00 bits per heavy atom. The fourth-order valence-corrected chi connectivity index (χ4v) is 2.82. The molecular weight excluding hydrogens is 260 g/mol. The van der Waals surface area contributed by atoms with Crippen LogP contribution in [0.5, 0.6) is 0 Å². The van der Waals surface area contributed by atoms with Gasteiger partial charge in [-0.2, -0.15) is 0 Å². The Kier molecular flexibility index (Phi) is 5.40. The molecule has 1 aliphatic heterocycles. The second kappa shape index (κ2) is 7.08. The molecule has 3 heteroatoms. The van der Waals surface area contributed by atoms with E-state index in [1.165, 1.54) is 24.8 Å². The van der Waals surface area contributed by atoms with Gasteiger partial charge in [0, 0.05) is 11.1 Å². The number of benzene rings is 1. The second-order valence-corrected chi connectivity index (χ2v) is 7.14. The molecule has 1 aromatic carbocycles. The first-order chi connectivity index (χ1) is 9.94. The minimum atomic E-state index is -0.192. The van der Waals surface area contributed by atoms with Gasteiger partial charge >= 0.3 is 0 Å². The third-order valence-electron chi connectivity index (χ3n) is 3.98. The molecule has 116 valence electrons. The zero-order chi connectivity index (χ0) is 15.3. The maximum atomic E-state index is 12.2. The number of nitrogens with one attached hydrogen (secondary N) is 2. The van der Waals surface area contributed by atoms with E-state index in [4.69, 9.17) is 0 Å². The summed E-state index contributed by atoms with van der Waals surface area (Å²) >= 11 is 0. The van der Waals surface area contributed by atoms with Crippen LogP contribution in [0.1, 0.15) is 56.0 Å². The first kappa shape index (κ1) is 16.0. The van der Waals surface area contributed by atoms with Crippen LogP contribution in [0.4, 0.5) is 0 Å². The van der Waals surface area contributed by atoms with E-state index in [-0.39, 0.29) is 11.4 Å². The number of aryl methyl sites for hydroxylation is 1. The fraction of sp³-hybridized carbons (Fsp3) is 0.611. The van der Waals surface area contributed by atoms with Crippen molar-refractivity contribution in [1.29, 1.82) is 0 Å². The summed E-state index contributed by atoms with van der Waals surface area (Å²) in [5, 5.41) is 6.43. The van der Waals surface area contributed by atoms with Gasteiger partial charge in [0.25, 0.3) is 5.91 Å². The molecule has 21 heavy (non-hydrogen) atoms. The highest BCUT2D eigenvalue weighted by Crippen LogP contribution is 2.19. The zero-order valence-corrected chi connectivity index (χ0v) is 13.5. The van der Waals surface area contributed by atoms with Gasteiger partial charge in [0.2, 0.25) is 0 Å². The van der Waals surface area contributed by atoms with Gasteiger partial charge in [-0.3, -0.25) is 4.79 Å². The minimum absolute atomic E-state index is 0.0196. The standard InChI is InChI=1S/C18H28N2O/c1-18(2,3)20-17(21)16-6-4-5-15(13-16)8-7-14-9-11-19-12-10-14/h4-6,13-14,19H,7-12H2,1-3H3,(H,20,21). The van der Waals surface area contributed by atoms with Crippen molar-refractivity contribution in [1.82, 2.24) is 10.6 Å². The van der Waals surface area contributed by atoms with E-state index < -0.39 is 0 Å². The van der Waals surface area contributed by atoms with Gasteiger partial charge in [0.15, 0.2) is 0 Å². The summed E-state index contributed by atoms with van der Waals surface area (Å²) in [5.41, 5.74) is 1.85. The van der Waals surface area contributed by atoms with Crippen molar-refractivity contribution in [3.63, 3.8) is 0 Å². The molecule has 0 spiro atoms. The van der Waals surface area contributed by atoms with Crippen LogP contribution in [0.15, 0.2) is 24.3 Å². The number of rotatable bonds is 4. The van der Waals surface area contributed by atoms with E-state index >= 15 is 0 Å². The van der Waals surface area contributed by atoms with Crippen molar-refractivity contribution in [2.75, 3.05) is 13.1 Å². The van der Waals surface area contributed by atoms with Crippen LogP contribution < -0.4 is 10.6 Å². The van der Waals surface area contributed by atoms with Crippen LogP contribution in [0.3, 0.4) is 0 Å². The average Bonchev–Trinajstić information content (AvgIpc) is 2.45. The normalized spacial score (nSPS) is 16.7. The molecule has 1 saturated heterocycles. The molecule has 0 bridgehead atoms. The zero-order valence-electron chi connectivity index (χ0n) is 13.5. The van der Waals surface area contributed by atoms with E-state index in [1.54, 1.807) is 0 Å². The van der Waals surface area contributed by atoms with Gasteiger partial charge in [0.1, 0.15) is 0 Å². The van der Waals surface area contributed by atoms with Crippen molar-refractivity contribution in [2.45, 2.75) is 52.0 Å². The summed E-state index contributed by atoms with van der Waals surface area (Å²) in [4.78, 5) is 12.2. The molecule has 1 amide bonds. The third-order valence-corrected chi connectivity index (χ3v) is 3.98. The lowest BCUT2D eigenvalue weighted by atomic mass is 9.91. The topological polar surface area (TPSA) is 41.1 Å². The largest absolute Gasteiger partial charge is 0.347 e. The quantitative estimate of drug-likeness (QED) is 0.893. The lowest BCUT2D eigenvalue weighted by Crippen LogP contribution is -2.40. The molecule has 3 nitrogen and oxygen atoms in total. The first-order valence-electron chi connectivity index (χ1n) is 8.06. The van der Waals surface area contributed by atoms with Crippen LogP contribution in [-0.2, 0) is 6.42 Å². The second-order valence-electron chi connectivity index (χ2n) is 7.14. The Labute approximate surface area is 128 Å². The molecule has 1 aliphatic rings. The molecule has 1 fully saturated rings. The van der Waals surface area contributed by atoms with Crippen molar-refractivity contribution < 1.29 is 4.79 Å². The highest BCUT2D eigenvalue weighted by atomic mass is 16.1. The third kappa shape index (κ3) is 5.50. The molecule has 2 rings (SSSR count). The smallest absolute Gasteiger partial charge is 0.251 e. The Morgan fingerprint density at radius 3 is 2.67 bits per heavy atom. The molecular formula is C18H28N2O. The minimum Gasteiger partial charge on any atom is -0.347 e. The lowest BCUT2D eigenvalue weighted by molar-refractivity contribution is 0.0919. The average molecular weight is 288 g/mol. The van der Waals surface area contributed by atoms with Gasteiger partial charge in [-0.05, 0) is 83.2 Å². The van der Waals surface area contributed by atoms with E-state index in [0.717, 1.165) is 31.0 Å². The van der Waals surface area contributed by atoms with E-state index in [2.05, 4.69) is 16.7 Å². The molecule has 0 aliphatic carbocycles. The van der Waals surface area contributed by atoms with Crippen molar-refractivity contribution in [3.05, 3.63) is 35.4 Å². The molecule has 1 aromatic rings. The maximum Gasteiger partial charge on any atom is 0.251 e. The predicted octanol–water partition coefficient (Wildman–Crippen LogP) is 3.15. The fourth-order valence-electron chi connectivity index (χ4n) is 2.82. The van der Waals surface area contributed by atoms with Gasteiger partial charge in [-0.1, -0.05) is 12.1 Å². The van der Waals surface area contributed by atoms with Gasteiger partial charge < -0.3 is 10.6 Å². The number of hydrogen-bond donors (Lipinski definition) is 2. The van der Waals surface area contributed by atoms with Crippen molar-refractivity contribution >= 4 is 5.91 Å². The lowest BCUT2D eigenvalue weighted by Gasteiger charge is -2.22. The molecule has 0 unspecified atom stereocenters.